The zero-order valence-corrected chi connectivity index (χ0v) is 14.8. The van der Waals surface area contributed by atoms with E-state index >= 15 is 0 Å². The van der Waals surface area contributed by atoms with Crippen molar-refractivity contribution in [3.63, 3.8) is 0 Å². The summed E-state index contributed by atoms with van der Waals surface area (Å²) in [4.78, 5) is 0. The van der Waals surface area contributed by atoms with Gasteiger partial charge in [-0.3, -0.25) is 0 Å². The molecule has 0 unspecified atom stereocenters. The van der Waals surface area contributed by atoms with Crippen LogP contribution in [-0.2, 0) is 0 Å². The van der Waals surface area contributed by atoms with Crippen LogP contribution in [0.15, 0.2) is 48.5 Å². The molecule has 2 aromatic rings. The lowest BCUT2D eigenvalue weighted by Crippen LogP contribution is -2.29. The van der Waals surface area contributed by atoms with Crippen LogP contribution in [0.1, 0.15) is 0 Å². The van der Waals surface area contributed by atoms with E-state index in [1.165, 1.54) is 0 Å². The van der Waals surface area contributed by atoms with Gasteiger partial charge in [0.25, 0.3) is 0 Å². The Morgan fingerprint density at radius 2 is 1.05 bits per heavy atom. The summed E-state index contributed by atoms with van der Waals surface area (Å²) in [6.07, 6.45) is 0. The van der Waals surface area contributed by atoms with Gasteiger partial charge in [0.2, 0.25) is 8.32 Å². The second-order valence-corrected chi connectivity index (χ2v) is 10.0. The SMILES string of the molecule is COc1ccc(O)cc1.COc1ccc(O[Si](C)(C)C)cc1. The zero-order valence-electron chi connectivity index (χ0n) is 13.8. The molecule has 2 aromatic carbocycles. The van der Waals surface area contributed by atoms with Crippen molar-refractivity contribution in [1.82, 2.24) is 0 Å². The topological polar surface area (TPSA) is 47.9 Å². The summed E-state index contributed by atoms with van der Waals surface area (Å²) in [5, 5.41) is 8.80. The Bertz CT molecular complexity index is 544. The summed E-state index contributed by atoms with van der Waals surface area (Å²) in [5.74, 6) is 2.81. The van der Waals surface area contributed by atoms with Crippen molar-refractivity contribution in [1.29, 1.82) is 0 Å². The van der Waals surface area contributed by atoms with Crippen molar-refractivity contribution in [3.8, 4) is 23.0 Å². The molecular weight excluding hydrogens is 296 g/mol. The van der Waals surface area contributed by atoms with Crippen LogP contribution in [0.5, 0.6) is 23.0 Å². The third-order valence-electron chi connectivity index (χ3n) is 2.56. The van der Waals surface area contributed by atoms with Gasteiger partial charge in [0, 0.05) is 0 Å². The fourth-order valence-corrected chi connectivity index (χ4v) is 2.42. The Morgan fingerprint density at radius 3 is 1.41 bits per heavy atom. The average molecular weight is 320 g/mol. The number of aromatic hydroxyl groups is 1. The molecule has 0 saturated heterocycles. The van der Waals surface area contributed by atoms with Crippen molar-refractivity contribution in [3.05, 3.63) is 48.5 Å². The van der Waals surface area contributed by atoms with Crippen molar-refractivity contribution < 1.29 is 19.0 Å². The molecule has 0 aliphatic rings. The minimum atomic E-state index is -1.47. The van der Waals surface area contributed by atoms with Crippen LogP contribution in [-0.4, -0.2) is 27.6 Å². The van der Waals surface area contributed by atoms with E-state index in [9.17, 15) is 0 Å². The molecule has 0 radical (unpaired) electrons. The Hall–Kier alpha value is -2.14. The third-order valence-corrected chi connectivity index (χ3v) is 3.40. The summed E-state index contributed by atoms with van der Waals surface area (Å²) in [6.45, 7) is 6.49. The Morgan fingerprint density at radius 1 is 0.682 bits per heavy atom. The monoisotopic (exact) mass is 320 g/mol. The number of phenols is 1. The van der Waals surface area contributed by atoms with Gasteiger partial charge in [0.1, 0.15) is 23.0 Å². The first-order valence-electron chi connectivity index (χ1n) is 7.00. The molecule has 2 rings (SSSR count). The second-order valence-electron chi connectivity index (χ2n) is 5.59. The molecule has 0 spiro atoms. The highest BCUT2D eigenvalue weighted by molar-refractivity contribution is 6.70. The summed E-state index contributed by atoms with van der Waals surface area (Å²) >= 11 is 0. The molecule has 1 N–H and O–H groups in total. The van der Waals surface area contributed by atoms with Crippen LogP contribution in [0.2, 0.25) is 19.6 Å². The van der Waals surface area contributed by atoms with Crippen LogP contribution in [0.25, 0.3) is 0 Å². The summed E-state index contributed by atoms with van der Waals surface area (Å²) in [7, 11) is 1.78. The highest BCUT2D eigenvalue weighted by atomic mass is 28.4. The van der Waals surface area contributed by atoms with Gasteiger partial charge in [-0.15, -0.1) is 0 Å². The summed E-state index contributed by atoms with van der Waals surface area (Å²) < 4.78 is 15.7. The molecule has 120 valence electrons. The highest BCUT2D eigenvalue weighted by Gasteiger charge is 2.15. The molecule has 0 saturated carbocycles. The average Bonchev–Trinajstić information content (AvgIpc) is 2.48. The van der Waals surface area contributed by atoms with E-state index < -0.39 is 8.32 Å². The number of methoxy groups -OCH3 is 2. The van der Waals surface area contributed by atoms with E-state index in [4.69, 9.17) is 19.0 Å². The highest BCUT2D eigenvalue weighted by Crippen LogP contribution is 2.19. The van der Waals surface area contributed by atoms with Gasteiger partial charge >= 0.3 is 0 Å². The fraction of sp³-hybridized carbons (Fsp3) is 0.294. The van der Waals surface area contributed by atoms with E-state index in [1.807, 2.05) is 24.3 Å². The Labute approximate surface area is 133 Å². The largest absolute Gasteiger partial charge is 0.544 e. The molecule has 0 amide bonds. The predicted octanol–water partition coefficient (Wildman–Crippen LogP) is 4.31. The van der Waals surface area contributed by atoms with Crippen molar-refractivity contribution in [2.24, 2.45) is 0 Å². The van der Waals surface area contributed by atoms with Crippen LogP contribution in [0, 0.1) is 0 Å². The quantitative estimate of drug-likeness (QED) is 0.853. The number of ether oxygens (including phenoxy) is 2. The zero-order chi connectivity index (χ0) is 16.6. The first-order valence-corrected chi connectivity index (χ1v) is 10.4. The number of phenolic OH excluding ortho intramolecular Hbond substituents is 1. The lowest BCUT2D eigenvalue weighted by molar-refractivity contribution is 0.412. The van der Waals surface area contributed by atoms with Gasteiger partial charge in [-0.2, -0.15) is 0 Å². The molecule has 0 heterocycles. The maximum Gasteiger partial charge on any atom is 0.242 e. The first-order chi connectivity index (χ1) is 10.3. The smallest absolute Gasteiger partial charge is 0.242 e. The summed E-state index contributed by atoms with van der Waals surface area (Å²) in [6, 6.07) is 14.3. The molecule has 5 heteroatoms. The van der Waals surface area contributed by atoms with Gasteiger partial charge in [-0.25, -0.2) is 0 Å². The molecule has 0 aliphatic heterocycles. The lowest BCUT2D eigenvalue weighted by Gasteiger charge is -2.19. The third kappa shape index (κ3) is 7.03. The molecular formula is C17H24O4Si. The molecule has 0 bridgehead atoms. The van der Waals surface area contributed by atoms with Crippen LogP contribution in [0.3, 0.4) is 0 Å². The standard InChI is InChI=1S/C10H16O2Si.C7H8O2/c1-11-9-5-7-10(8-6-9)12-13(2,3)4;1-9-7-4-2-6(8)3-5-7/h5-8H,1-4H3;2-5,8H,1H3. The van der Waals surface area contributed by atoms with Crippen molar-refractivity contribution in [2.75, 3.05) is 14.2 Å². The van der Waals surface area contributed by atoms with E-state index in [0.29, 0.717) is 0 Å². The normalized spacial score (nSPS) is 10.2. The lowest BCUT2D eigenvalue weighted by atomic mass is 10.3. The predicted molar refractivity (Wildman–Crippen MR) is 91.6 cm³/mol. The van der Waals surface area contributed by atoms with Gasteiger partial charge in [-0.1, -0.05) is 0 Å². The first kappa shape index (κ1) is 17.9. The van der Waals surface area contributed by atoms with Crippen molar-refractivity contribution >= 4 is 8.32 Å². The minimum absolute atomic E-state index is 0.260. The van der Waals surface area contributed by atoms with Gasteiger partial charge in [0.15, 0.2) is 0 Å². The van der Waals surface area contributed by atoms with Gasteiger partial charge < -0.3 is 19.0 Å². The fourth-order valence-electron chi connectivity index (χ4n) is 1.58. The molecule has 4 nitrogen and oxygen atoms in total. The molecule has 0 fully saturated rings. The number of hydrogen-bond acceptors (Lipinski definition) is 4. The summed E-state index contributed by atoms with van der Waals surface area (Å²) in [5.41, 5.74) is 0. The molecule has 22 heavy (non-hydrogen) atoms. The van der Waals surface area contributed by atoms with Gasteiger partial charge in [0.05, 0.1) is 14.2 Å². The Kier molecular flexibility index (Phi) is 6.79. The van der Waals surface area contributed by atoms with E-state index in [2.05, 4.69) is 19.6 Å². The van der Waals surface area contributed by atoms with E-state index in [1.54, 1.807) is 38.5 Å². The minimum Gasteiger partial charge on any atom is -0.544 e. The van der Waals surface area contributed by atoms with E-state index in [0.717, 1.165) is 17.2 Å². The van der Waals surface area contributed by atoms with E-state index in [-0.39, 0.29) is 5.75 Å². The molecule has 0 atom stereocenters. The number of benzene rings is 2. The van der Waals surface area contributed by atoms with Crippen molar-refractivity contribution in [2.45, 2.75) is 19.6 Å². The van der Waals surface area contributed by atoms with Crippen LogP contribution in [0.4, 0.5) is 0 Å². The maximum atomic E-state index is 8.80. The number of hydrogen-bond donors (Lipinski definition) is 1. The van der Waals surface area contributed by atoms with Gasteiger partial charge in [-0.05, 0) is 68.2 Å². The maximum absolute atomic E-state index is 8.80. The van der Waals surface area contributed by atoms with Crippen LogP contribution >= 0.6 is 0 Å². The molecule has 0 aromatic heterocycles. The Balaban J connectivity index is 0.000000235. The van der Waals surface area contributed by atoms with Crippen LogP contribution < -0.4 is 13.9 Å². The number of rotatable bonds is 4. The molecule has 0 aliphatic carbocycles. The second kappa shape index (κ2) is 8.34.